The van der Waals surface area contributed by atoms with E-state index in [-0.39, 0.29) is 5.75 Å². The maximum Gasteiger partial charge on any atom is 0.573 e. The number of hydrogen-bond acceptors (Lipinski definition) is 2. The molecule has 0 bridgehead atoms. The maximum atomic E-state index is 12.0. The molecule has 0 amide bonds. The normalized spacial score (nSPS) is 11.3. The molecule has 94 valence electrons. The van der Waals surface area contributed by atoms with Crippen LogP contribution in [0.5, 0.6) is 5.75 Å². The molecule has 0 fully saturated rings. The third kappa shape index (κ3) is 3.59. The van der Waals surface area contributed by atoms with Crippen molar-refractivity contribution in [3.63, 3.8) is 0 Å². The lowest BCUT2D eigenvalue weighted by molar-refractivity contribution is -0.274. The van der Waals surface area contributed by atoms with E-state index in [1.165, 1.54) is 12.1 Å². The first-order valence-electron chi connectivity index (χ1n) is 4.91. The second kappa shape index (κ2) is 5.13. The summed E-state index contributed by atoms with van der Waals surface area (Å²) in [5.74, 6) is -0.232. The van der Waals surface area contributed by atoms with E-state index in [1.54, 1.807) is 24.5 Å². The highest BCUT2D eigenvalue weighted by Crippen LogP contribution is 2.26. The van der Waals surface area contributed by atoms with Crippen molar-refractivity contribution >= 4 is 22.6 Å². The Morgan fingerprint density at radius 2 is 1.67 bits per heavy atom. The number of alkyl halides is 3. The maximum absolute atomic E-state index is 12.0. The Labute approximate surface area is 115 Å². The third-order valence-electron chi connectivity index (χ3n) is 2.13. The van der Waals surface area contributed by atoms with E-state index >= 15 is 0 Å². The predicted molar refractivity (Wildman–Crippen MR) is 69.1 cm³/mol. The Hall–Kier alpha value is -1.31. The van der Waals surface area contributed by atoms with E-state index in [9.17, 15) is 13.2 Å². The van der Waals surface area contributed by atoms with Crippen LogP contribution in [0.4, 0.5) is 13.2 Å². The van der Waals surface area contributed by atoms with Gasteiger partial charge in [0.15, 0.2) is 0 Å². The molecule has 0 atom stereocenters. The van der Waals surface area contributed by atoms with Crippen LogP contribution in [0.25, 0.3) is 11.1 Å². The summed E-state index contributed by atoms with van der Waals surface area (Å²) in [5, 5.41) is 0. The Morgan fingerprint density at radius 1 is 1.00 bits per heavy atom. The molecule has 0 unspecified atom stereocenters. The standard InChI is InChI=1S/C12H7F3INO/c13-12(14,15)18-11-3-1-8(2-4-11)9-5-10(16)7-17-6-9/h1-7H. The van der Waals surface area contributed by atoms with Crippen molar-refractivity contribution < 1.29 is 17.9 Å². The lowest BCUT2D eigenvalue weighted by Crippen LogP contribution is -2.16. The molecule has 2 rings (SSSR count). The molecule has 1 aromatic carbocycles. The van der Waals surface area contributed by atoms with Crippen molar-refractivity contribution in [2.24, 2.45) is 0 Å². The van der Waals surface area contributed by atoms with Gasteiger partial charge in [-0.25, -0.2) is 0 Å². The zero-order valence-electron chi connectivity index (χ0n) is 8.91. The summed E-state index contributed by atoms with van der Waals surface area (Å²) in [4.78, 5) is 4.02. The monoisotopic (exact) mass is 365 g/mol. The van der Waals surface area contributed by atoms with Crippen LogP contribution in [0.2, 0.25) is 0 Å². The molecular formula is C12H7F3INO. The highest BCUT2D eigenvalue weighted by atomic mass is 127. The zero-order chi connectivity index (χ0) is 13.2. The first-order valence-corrected chi connectivity index (χ1v) is 5.99. The minimum Gasteiger partial charge on any atom is -0.406 e. The Bertz CT molecular complexity index is 540. The van der Waals surface area contributed by atoms with Crippen LogP contribution in [-0.4, -0.2) is 11.3 Å². The third-order valence-corrected chi connectivity index (χ3v) is 2.72. The molecule has 0 saturated carbocycles. The van der Waals surface area contributed by atoms with Crippen LogP contribution in [0.3, 0.4) is 0 Å². The first-order chi connectivity index (χ1) is 8.44. The molecule has 0 aliphatic heterocycles. The van der Waals surface area contributed by atoms with Crippen molar-refractivity contribution in [3.05, 3.63) is 46.3 Å². The van der Waals surface area contributed by atoms with Gasteiger partial charge in [-0.1, -0.05) is 12.1 Å². The van der Waals surface area contributed by atoms with E-state index in [1.807, 2.05) is 6.07 Å². The van der Waals surface area contributed by atoms with Gasteiger partial charge in [0.25, 0.3) is 0 Å². The number of halogens is 4. The van der Waals surface area contributed by atoms with Gasteiger partial charge in [0, 0.05) is 21.5 Å². The van der Waals surface area contributed by atoms with Gasteiger partial charge < -0.3 is 4.74 Å². The average Bonchev–Trinajstić information content (AvgIpc) is 2.28. The summed E-state index contributed by atoms with van der Waals surface area (Å²) in [6.07, 6.45) is -1.31. The molecule has 0 aliphatic rings. The van der Waals surface area contributed by atoms with Crippen LogP contribution in [0.1, 0.15) is 0 Å². The van der Waals surface area contributed by atoms with Crippen LogP contribution in [0, 0.1) is 3.57 Å². The molecule has 18 heavy (non-hydrogen) atoms. The van der Waals surface area contributed by atoms with Gasteiger partial charge in [0.1, 0.15) is 5.75 Å². The number of pyridine rings is 1. The molecule has 0 radical (unpaired) electrons. The van der Waals surface area contributed by atoms with Crippen LogP contribution in [0.15, 0.2) is 42.7 Å². The topological polar surface area (TPSA) is 22.1 Å². The summed E-state index contributed by atoms with van der Waals surface area (Å²) in [5.41, 5.74) is 1.64. The lowest BCUT2D eigenvalue weighted by Gasteiger charge is -2.09. The molecule has 0 saturated heterocycles. The number of nitrogens with zero attached hydrogens (tertiary/aromatic N) is 1. The van der Waals surface area contributed by atoms with E-state index in [0.717, 1.165) is 14.7 Å². The number of benzene rings is 1. The zero-order valence-corrected chi connectivity index (χ0v) is 11.1. The van der Waals surface area contributed by atoms with Gasteiger partial charge in [-0.2, -0.15) is 0 Å². The second-order valence-corrected chi connectivity index (χ2v) is 4.71. The number of aromatic nitrogens is 1. The number of ether oxygens (including phenoxy) is 1. The number of hydrogen-bond donors (Lipinski definition) is 0. The van der Waals surface area contributed by atoms with E-state index in [4.69, 9.17) is 0 Å². The smallest absolute Gasteiger partial charge is 0.406 e. The van der Waals surface area contributed by atoms with Crippen molar-refractivity contribution in [2.75, 3.05) is 0 Å². The summed E-state index contributed by atoms with van der Waals surface area (Å²) in [6.45, 7) is 0. The van der Waals surface area contributed by atoms with Crippen molar-refractivity contribution in [3.8, 4) is 16.9 Å². The molecule has 0 N–H and O–H groups in total. The fourth-order valence-electron chi connectivity index (χ4n) is 1.42. The van der Waals surface area contributed by atoms with Gasteiger partial charge >= 0.3 is 6.36 Å². The minimum absolute atomic E-state index is 0.232. The molecule has 2 aromatic rings. The molecule has 1 aromatic heterocycles. The highest BCUT2D eigenvalue weighted by Gasteiger charge is 2.30. The minimum atomic E-state index is -4.66. The fourth-order valence-corrected chi connectivity index (χ4v) is 1.92. The van der Waals surface area contributed by atoms with Crippen LogP contribution in [-0.2, 0) is 0 Å². The Kier molecular flexibility index (Phi) is 3.74. The molecular weight excluding hydrogens is 358 g/mol. The summed E-state index contributed by atoms with van der Waals surface area (Å²) in [7, 11) is 0. The Morgan fingerprint density at radius 3 is 2.22 bits per heavy atom. The van der Waals surface area contributed by atoms with E-state index in [0.29, 0.717) is 0 Å². The highest BCUT2D eigenvalue weighted by molar-refractivity contribution is 14.1. The largest absolute Gasteiger partial charge is 0.573 e. The quantitative estimate of drug-likeness (QED) is 0.743. The van der Waals surface area contributed by atoms with Gasteiger partial charge in [0.05, 0.1) is 0 Å². The van der Waals surface area contributed by atoms with Crippen molar-refractivity contribution in [1.82, 2.24) is 4.98 Å². The first kappa shape index (κ1) is 13.1. The summed E-state index contributed by atoms with van der Waals surface area (Å²) in [6, 6.07) is 7.58. The van der Waals surface area contributed by atoms with Crippen molar-refractivity contribution in [1.29, 1.82) is 0 Å². The van der Waals surface area contributed by atoms with Gasteiger partial charge in [-0.3, -0.25) is 4.98 Å². The number of rotatable bonds is 2. The molecule has 6 heteroatoms. The van der Waals surface area contributed by atoms with Crippen LogP contribution < -0.4 is 4.74 Å². The SMILES string of the molecule is FC(F)(F)Oc1ccc(-c2cncc(I)c2)cc1. The van der Waals surface area contributed by atoms with Crippen molar-refractivity contribution in [2.45, 2.75) is 6.36 Å². The molecule has 1 heterocycles. The molecule has 0 spiro atoms. The van der Waals surface area contributed by atoms with Gasteiger partial charge in [0.2, 0.25) is 0 Å². The Balaban J connectivity index is 2.22. The predicted octanol–water partition coefficient (Wildman–Crippen LogP) is 4.25. The summed E-state index contributed by atoms with van der Waals surface area (Å²) < 4.78 is 40.7. The molecule has 2 nitrogen and oxygen atoms in total. The lowest BCUT2D eigenvalue weighted by atomic mass is 10.1. The fraction of sp³-hybridized carbons (Fsp3) is 0.0833. The second-order valence-electron chi connectivity index (χ2n) is 3.46. The van der Waals surface area contributed by atoms with E-state index in [2.05, 4.69) is 32.3 Å². The average molecular weight is 365 g/mol. The van der Waals surface area contributed by atoms with Gasteiger partial charge in [-0.15, -0.1) is 13.2 Å². The van der Waals surface area contributed by atoms with Crippen LogP contribution >= 0.6 is 22.6 Å². The van der Waals surface area contributed by atoms with E-state index < -0.39 is 6.36 Å². The van der Waals surface area contributed by atoms with Gasteiger partial charge in [-0.05, 0) is 46.4 Å². The molecule has 0 aliphatic carbocycles. The summed E-state index contributed by atoms with van der Waals surface area (Å²) >= 11 is 2.12.